The number of benzene rings is 1. The number of carboxylic acid groups (broad SMARTS) is 1. The van der Waals surface area contributed by atoms with Gasteiger partial charge < -0.3 is 14.9 Å². The van der Waals surface area contributed by atoms with Crippen molar-refractivity contribution in [3.63, 3.8) is 0 Å². The van der Waals surface area contributed by atoms with Gasteiger partial charge in [-0.3, -0.25) is 0 Å². The first-order valence-electron chi connectivity index (χ1n) is 7.11. The summed E-state index contributed by atoms with van der Waals surface area (Å²) in [4.78, 5) is 11.3. The van der Waals surface area contributed by atoms with Gasteiger partial charge >= 0.3 is 12.1 Å². The summed E-state index contributed by atoms with van der Waals surface area (Å²) in [6.45, 7) is -0.337. The standard InChI is InChI=1S/C17H15F3O4/c18-17(19,20)14-9-12(21)7-8-15(14)24-10-11-5-3-1-2-4-6-13(11)16(22)23/h1,3,5-9,21H,2,4,10H2,(H,22,23)/b3-1+,11-5?,13-6?. The number of aliphatic carboxylic acids is 1. The monoisotopic (exact) mass is 340 g/mol. The van der Waals surface area contributed by atoms with E-state index in [2.05, 4.69) is 0 Å². The SMILES string of the molecule is O=C(O)C1=CCC/C=C/C=C1COc1ccc(O)cc1C(F)(F)F. The molecule has 0 atom stereocenters. The lowest BCUT2D eigenvalue weighted by molar-refractivity contribution is -0.139. The molecule has 0 radical (unpaired) electrons. The molecule has 2 rings (SSSR count). The Hall–Kier alpha value is -2.70. The number of ether oxygens (including phenoxy) is 1. The molecule has 0 saturated heterocycles. The van der Waals surface area contributed by atoms with Gasteiger partial charge in [0.2, 0.25) is 0 Å². The second kappa shape index (κ2) is 7.25. The molecule has 1 aromatic carbocycles. The zero-order valence-electron chi connectivity index (χ0n) is 12.5. The van der Waals surface area contributed by atoms with Crippen molar-refractivity contribution in [2.75, 3.05) is 6.61 Å². The molecule has 0 saturated carbocycles. The molecule has 0 unspecified atom stereocenters. The number of hydrogen-bond donors (Lipinski definition) is 2. The van der Waals surface area contributed by atoms with Gasteiger partial charge in [-0.05, 0) is 31.0 Å². The van der Waals surface area contributed by atoms with Crippen LogP contribution in [0.1, 0.15) is 18.4 Å². The van der Waals surface area contributed by atoms with Gasteiger partial charge in [0.15, 0.2) is 0 Å². The zero-order valence-corrected chi connectivity index (χ0v) is 12.5. The minimum Gasteiger partial charge on any atom is -0.508 e. The summed E-state index contributed by atoms with van der Waals surface area (Å²) in [5.74, 6) is -2.17. The number of phenols is 1. The van der Waals surface area contributed by atoms with Crippen LogP contribution in [0.2, 0.25) is 0 Å². The molecule has 7 heteroatoms. The summed E-state index contributed by atoms with van der Waals surface area (Å²) in [6, 6.07) is 2.64. The molecule has 24 heavy (non-hydrogen) atoms. The van der Waals surface area contributed by atoms with Gasteiger partial charge in [-0.25, -0.2) is 4.79 Å². The summed E-state index contributed by atoms with van der Waals surface area (Å²) in [6.07, 6.45) is 3.00. The van der Waals surface area contributed by atoms with Crippen LogP contribution in [-0.4, -0.2) is 22.8 Å². The normalized spacial score (nSPS) is 16.5. The van der Waals surface area contributed by atoms with E-state index in [0.29, 0.717) is 18.9 Å². The van der Waals surface area contributed by atoms with E-state index in [-0.39, 0.29) is 17.8 Å². The summed E-state index contributed by atoms with van der Waals surface area (Å²) < 4.78 is 44.2. The number of carbonyl (C=O) groups is 1. The average molecular weight is 340 g/mol. The molecule has 1 aromatic rings. The van der Waals surface area contributed by atoms with E-state index in [4.69, 9.17) is 4.74 Å². The van der Waals surface area contributed by atoms with Crippen molar-refractivity contribution in [2.45, 2.75) is 19.0 Å². The largest absolute Gasteiger partial charge is 0.508 e. The summed E-state index contributed by atoms with van der Waals surface area (Å²) in [7, 11) is 0. The molecule has 0 spiro atoms. The Labute approximate surface area is 136 Å². The van der Waals surface area contributed by atoms with Gasteiger partial charge in [0.25, 0.3) is 0 Å². The molecule has 0 aliphatic heterocycles. The van der Waals surface area contributed by atoms with Crippen LogP contribution in [0.15, 0.2) is 53.6 Å². The van der Waals surface area contributed by atoms with Gasteiger partial charge in [0, 0.05) is 5.57 Å². The van der Waals surface area contributed by atoms with Crippen molar-refractivity contribution in [2.24, 2.45) is 0 Å². The first-order valence-corrected chi connectivity index (χ1v) is 7.11. The van der Waals surface area contributed by atoms with E-state index in [1.54, 1.807) is 6.08 Å². The molecule has 0 aromatic heterocycles. The first kappa shape index (κ1) is 17.7. The predicted octanol–water partition coefficient (Wildman–Crippen LogP) is 4.08. The third-order valence-corrected chi connectivity index (χ3v) is 3.34. The van der Waals surface area contributed by atoms with Crippen LogP contribution in [-0.2, 0) is 11.0 Å². The summed E-state index contributed by atoms with van der Waals surface area (Å²) in [5.41, 5.74) is -0.850. The number of aromatic hydroxyl groups is 1. The first-order chi connectivity index (χ1) is 11.3. The maximum Gasteiger partial charge on any atom is 0.420 e. The molecule has 4 nitrogen and oxygen atoms in total. The van der Waals surface area contributed by atoms with Crippen LogP contribution in [0.3, 0.4) is 0 Å². The van der Waals surface area contributed by atoms with Crippen LogP contribution in [0, 0.1) is 0 Å². The number of halogens is 3. The molecule has 128 valence electrons. The van der Waals surface area contributed by atoms with E-state index < -0.39 is 29.2 Å². The fourth-order valence-electron chi connectivity index (χ4n) is 2.20. The van der Waals surface area contributed by atoms with Crippen LogP contribution in [0.25, 0.3) is 0 Å². The van der Waals surface area contributed by atoms with Crippen molar-refractivity contribution in [3.05, 3.63) is 59.2 Å². The lowest BCUT2D eigenvalue weighted by atomic mass is 10.0. The summed E-state index contributed by atoms with van der Waals surface area (Å²) >= 11 is 0. The maximum absolute atomic E-state index is 13.0. The molecular weight excluding hydrogens is 325 g/mol. The number of alkyl halides is 3. The van der Waals surface area contributed by atoms with Gasteiger partial charge in [-0.1, -0.05) is 24.3 Å². The highest BCUT2D eigenvalue weighted by molar-refractivity contribution is 5.92. The minimum absolute atomic E-state index is 0.00619. The van der Waals surface area contributed by atoms with Crippen LogP contribution in [0.5, 0.6) is 11.5 Å². The Morgan fingerprint density at radius 2 is 2.00 bits per heavy atom. The highest BCUT2D eigenvalue weighted by atomic mass is 19.4. The minimum atomic E-state index is -4.70. The van der Waals surface area contributed by atoms with E-state index >= 15 is 0 Å². The summed E-state index contributed by atoms with van der Waals surface area (Å²) in [5, 5.41) is 18.5. The Morgan fingerprint density at radius 1 is 1.25 bits per heavy atom. The number of allylic oxidation sites excluding steroid dienone is 4. The third kappa shape index (κ3) is 4.41. The highest BCUT2D eigenvalue weighted by Crippen LogP contribution is 2.38. The average Bonchev–Trinajstić information content (AvgIpc) is 2.46. The lowest BCUT2D eigenvalue weighted by Crippen LogP contribution is -2.14. The predicted molar refractivity (Wildman–Crippen MR) is 80.8 cm³/mol. The van der Waals surface area contributed by atoms with E-state index in [9.17, 15) is 28.2 Å². The molecule has 0 fully saturated rings. The number of carboxylic acids is 1. The highest BCUT2D eigenvalue weighted by Gasteiger charge is 2.35. The molecule has 0 heterocycles. The smallest absolute Gasteiger partial charge is 0.420 e. The number of rotatable bonds is 4. The lowest BCUT2D eigenvalue weighted by Gasteiger charge is -2.16. The van der Waals surface area contributed by atoms with E-state index in [1.165, 1.54) is 12.2 Å². The van der Waals surface area contributed by atoms with Crippen molar-refractivity contribution in [3.8, 4) is 11.5 Å². The van der Waals surface area contributed by atoms with E-state index in [1.807, 2.05) is 6.08 Å². The molecule has 2 N–H and O–H groups in total. The van der Waals surface area contributed by atoms with Crippen molar-refractivity contribution >= 4 is 5.97 Å². The Morgan fingerprint density at radius 3 is 2.67 bits per heavy atom. The van der Waals surface area contributed by atoms with Crippen LogP contribution in [0.4, 0.5) is 13.2 Å². The van der Waals surface area contributed by atoms with Gasteiger partial charge in [0.05, 0.1) is 5.57 Å². The molecule has 1 aliphatic rings. The third-order valence-electron chi connectivity index (χ3n) is 3.34. The molecule has 1 aliphatic carbocycles. The second-order valence-electron chi connectivity index (χ2n) is 5.09. The Balaban J connectivity index is 2.28. The Kier molecular flexibility index (Phi) is 5.33. The number of hydrogen-bond acceptors (Lipinski definition) is 3. The van der Waals surface area contributed by atoms with Crippen LogP contribution >= 0.6 is 0 Å². The van der Waals surface area contributed by atoms with Gasteiger partial charge in [0.1, 0.15) is 23.7 Å². The van der Waals surface area contributed by atoms with Crippen LogP contribution < -0.4 is 4.74 Å². The number of phenolic OH excluding ortho intramolecular Hbond substituents is 1. The molecule has 0 amide bonds. The fourth-order valence-corrected chi connectivity index (χ4v) is 2.20. The zero-order chi connectivity index (χ0) is 17.7. The van der Waals surface area contributed by atoms with Crippen molar-refractivity contribution in [1.29, 1.82) is 0 Å². The molecular formula is C17H15F3O4. The molecule has 0 bridgehead atoms. The fraction of sp³-hybridized carbons (Fsp3) is 0.235. The quantitative estimate of drug-likeness (QED) is 0.867. The van der Waals surface area contributed by atoms with Crippen molar-refractivity contribution < 1.29 is 32.9 Å². The van der Waals surface area contributed by atoms with Crippen molar-refractivity contribution in [1.82, 2.24) is 0 Å². The topological polar surface area (TPSA) is 66.8 Å². The van der Waals surface area contributed by atoms with E-state index in [0.717, 1.165) is 12.1 Å². The maximum atomic E-state index is 13.0. The Bertz CT molecular complexity index is 715. The second-order valence-corrected chi connectivity index (χ2v) is 5.09. The van der Waals surface area contributed by atoms with Gasteiger partial charge in [-0.15, -0.1) is 0 Å². The van der Waals surface area contributed by atoms with Gasteiger partial charge in [-0.2, -0.15) is 13.2 Å².